The van der Waals surface area contributed by atoms with E-state index in [0.29, 0.717) is 49.4 Å². The van der Waals surface area contributed by atoms with Gasteiger partial charge in [-0.1, -0.05) is 48.5 Å². The van der Waals surface area contributed by atoms with Crippen LogP contribution in [0.15, 0.2) is 106 Å². The van der Waals surface area contributed by atoms with Crippen LogP contribution in [0.4, 0.5) is 4.39 Å². The number of halogens is 1. The van der Waals surface area contributed by atoms with E-state index in [2.05, 4.69) is 0 Å². The molecule has 35 heavy (non-hydrogen) atoms. The van der Waals surface area contributed by atoms with Gasteiger partial charge in [-0.15, -0.1) is 0 Å². The van der Waals surface area contributed by atoms with E-state index in [1.165, 1.54) is 18.2 Å². The van der Waals surface area contributed by atoms with Crippen molar-refractivity contribution in [1.82, 2.24) is 0 Å². The maximum atomic E-state index is 13.7. The van der Waals surface area contributed by atoms with Crippen molar-refractivity contribution in [2.75, 3.05) is 0 Å². The number of fused-ring (bicyclic) bond motifs is 4. The van der Waals surface area contributed by atoms with Crippen molar-refractivity contribution in [3.05, 3.63) is 124 Å². The summed E-state index contributed by atoms with van der Waals surface area (Å²) in [6, 6.07) is 26.2. The highest BCUT2D eigenvalue weighted by molar-refractivity contribution is 6.18. The summed E-state index contributed by atoms with van der Waals surface area (Å²) in [6.07, 6.45) is 0. The molecule has 0 amide bonds. The minimum Gasteiger partial charge on any atom is -0.507 e. The van der Waals surface area contributed by atoms with Crippen LogP contribution in [0.2, 0.25) is 0 Å². The predicted molar refractivity (Wildman–Crippen MR) is 134 cm³/mol. The Hall–Kier alpha value is -4.77. The van der Waals surface area contributed by atoms with E-state index in [4.69, 9.17) is 4.42 Å². The first-order chi connectivity index (χ1) is 17.0. The molecule has 1 aromatic heterocycles. The third kappa shape index (κ3) is 3.37. The molecule has 4 nitrogen and oxygen atoms in total. The van der Waals surface area contributed by atoms with E-state index in [1.807, 2.05) is 0 Å². The Morgan fingerprint density at radius 2 is 1.49 bits per heavy atom. The van der Waals surface area contributed by atoms with Crippen LogP contribution in [0.25, 0.3) is 43.8 Å². The highest BCUT2D eigenvalue weighted by Gasteiger charge is 2.19. The Kier molecular flexibility index (Phi) is 4.71. The summed E-state index contributed by atoms with van der Waals surface area (Å²) < 4.78 is 19.8. The third-order valence-corrected chi connectivity index (χ3v) is 6.25. The second-order valence-corrected chi connectivity index (χ2v) is 8.34. The number of phenols is 1. The molecule has 0 aliphatic rings. The average molecular weight is 460 g/mol. The standard InChI is InChI=1S/C30H17FO4/c31-19-12-9-17(10-13-19)23-16-27-28(30(34)22-6-2-4-8-26(22)35-27)20-14-11-18(15-24(20)23)29(33)21-5-1-3-7-25(21)32/h1-16,32H. The molecule has 0 saturated carbocycles. The van der Waals surface area contributed by atoms with E-state index in [9.17, 15) is 19.1 Å². The number of phenolic OH excluding ortho intramolecular Hbond substituents is 1. The van der Waals surface area contributed by atoms with Gasteiger partial charge in [0.15, 0.2) is 5.78 Å². The molecule has 6 rings (SSSR count). The van der Waals surface area contributed by atoms with Gasteiger partial charge in [0.1, 0.15) is 22.7 Å². The maximum Gasteiger partial charge on any atom is 0.201 e. The highest BCUT2D eigenvalue weighted by Crippen LogP contribution is 2.36. The molecule has 0 atom stereocenters. The third-order valence-electron chi connectivity index (χ3n) is 6.25. The molecule has 0 aliphatic carbocycles. The molecule has 0 radical (unpaired) electrons. The topological polar surface area (TPSA) is 67.5 Å². The summed E-state index contributed by atoms with van der Waals surface area (Å²) in [7, 11) is 0. The fourth-order valence-corrected chi connectivity index (χ4v) is 4.54. The smallest absolute Gasteiger partial charge is 0.201 e. The Morgan fingerprint density at radius 3 is 2.29 bits per heavy atom. The van der Waals surface area contributed by atoms with Crippen molar-refractivity contribution in [2.45, 2.75) is 0 Å². The van der Waals surface area contributed by atoms with Gasteiger partial charge in [-0.05, 0) is 70.4 Å². The molecule has 0 spiro atoms. The number of aromatic hydroxyl groups is 1. The Balaban J connectivity index is 1.70. The van der Waals surface area contributed by atoms with Crippen LogP contribution < -0.4 is 5.43 Å². The number of hydrogen-bond donors (Lipinski definition) is 1. The molecule has 0 unspecified atom stereocenters. The molecular weight excluding hydrogens is 443 g/mol. The van der Waals surface area contributed by atoms with Gasteiger partial charge in [0.25, 0.3) is 0 Å². The van der Waals surface area contributed by atoms with Crippen LogP contribution in [-0.2, 0) is 0 Å². The zero-order valence-corrected chi connectivity index (χ0v) is 18.3. The van der Waals surface area contributed by atoms with Gasteiger partial charge in [-0.3, -0.25) is 9.59 Å². The fourth-order valence-electron chi connectivity index (χ4n) is 4.54. The van der Waals surface area contributed by atoms with Crippen molar-refractivity contribution in [3.63, 3.8) is 0 Å². The van der Waals surface area contributed by atoms with E-state index >= 15 is 0 Å². The molecule has 5 heteroatoms. The summed E-state index contributed by atoms with van der Waals surface area (Å²) in [5, 5.41) is 12.3. The quantitative estimate of drug-likeness (QED) is 0.178. The van der Waals surface area contributed by atoms with Crippen molar-refractivity contribution in [3.8, 4) is 16.9 Å². The van der Waals surface area contributed by atoms with Gasteiger partial charge in [0.05, 0.1) is 16.3 Å². The number of rotatable bonds is 3. The molecule has 0 bridgehead atoms. The van der Waals surface area contributed by atoms with E-state index in [1.54, 1.807) is 78.9 Å². The molecule has 5 aromatic carbocycles. The first kappa shape index (κ1) is 20.8. The summed E-state index contributed by atoms with van der Waals surface area (Å²) in [6.45, 7) is 0. The van der Waals surface area contributed by atoms with Crippen LogP contribution in [0, 0.1) is 5.82 Å². The van der Waals surface area contributed by atoms with E-state index < -0.39 is 0 Å². The predicted octanol–water partition coefficient (Wildman–Crippen LogP) is 6.84. The summed E-state index contributed by atoms with van der Waals surface area (Å²) in [5.41, 5.74) is 2.64. The number of hydrogen-bond acceptors (Lipinski definition) is 4. The lowest BCUT2D eigenvalue weighted by atomic mass is 9.92. The molecule has 0 saturated heterocycles. The minimum absolute atomic E-state index is 0.109. The van der Waals surface area contributed by atoms with E-state index in [-0.39, 0.29) is 28.3 Å². The lowest BCUT2D eigenvalue weighted by Gasteiger charge is -2.13. The normalized spacial score (nSPS) is 11.3. The largest absolute Gasteiger partial charge is 0.507 e. The molecule has 1 N–H and O–H groups in total. The van der Waals surface area contributed by atoms with Crippen LogP contribution in [0.5, 0.6) is 5.75 Å². The second-order valence-electron chi connectivity index (χ2n) is 8.34. The molecule has 168 valence electrons. The summed E-state index contributed by atoms with van der Waals surface area (Å²) >= 11 is 0. The van der Waals surface area contributed by atoms with Gasteiger partial charge in [0.2, 0.25) is 5.43 Å². The zero-order chi connectivity index (χ0) is 24.1. The first-order valence-electron chi connectivity index (χ1n) is 11.0. The molecule has 0 aliphatic heterocycles. The van der Waals surface area contributed by atoms with Gasteiger partial charge < -0.3 is 9.52 Å². The van der Waals surface area contributed by atoms with Crippen molar-refractivity contribution >= 4 is 38.5 Å². The zero-order valence-electron chi connectivity index (χ0n) is 18.3. The molecule has 6 aromatic rings. The number of carbonyl (C=O) groups is 1. The first-order valence-corrected chi connectivity index (χ1v) is 11.0. The molecule has 0 fully saturated rings. The average Bonchev–Trinajstić information content (AvgIpc) is 2.88. The van der Waals surface area contributed by atoms with Gasteiger partial charge in [-0.2, -0.15) is 0 Å². The fraction of sp³-hybridized carbons (Fsp3) is 0. The number of carbonyl (C=O) groups excluding carboxylic acids is 1. The summed E-state index contributed by atoms with van der Waals surface area (Å²) in [4.78, 5) is 26.7. The second kappa shape index (κ2) is 7.92. The maximum absolute atomic E-state index is 13.7. The van der Waals surface area contributed by atoms with Crippen molar-refractivity contribution in [2.24, 2.45) is 0 Å². The minimum atomic E-state index is -0.369. The van der Waals surface area contributed by atoms with Crippen LogP contribution >= 0.6 is 0 Å². The van der Waals surface area contributed by atoms with Crippen molar-refractivity contribution in [1.29, 1.82) is 0 Å². The number of benzene rings is 5. The summed E-state index contributed by atoms with van der Waals surface area (Å²) in [5.74, 6) is -0.825. The SMILES string of the molecule is O=C(c1ccc2c(c1)c(-c1ccc(F)cc1)cc1oc3ccccc3c(=O)c12)c1ccccc1O. The monoisotopic (exact) mass is 460 g/mol. The van der Waals surface area contributed by atoms with Crippen LogP contribution in [-0.4, -0.2) is 10.9 Å². The van der Waals surface area contributed by atoms with Crippen LogP contribution in [0.3, 0.4) is 0 Å². The Bertz CT molecular complexity index is 1850. The number of ketones is 1. The lowest BCUT2D eigenvalue weighted by Crippen LogP contribution is -2.05. The molecule has 1 heterocycles. The highest BCUT2D eigenvalue weighted by atomic mass is 19.1. The van der Waals surface area contributed by atoms with Crippen LogP contribution in [0.1, 0.15) is 15.9 Å². The van der Waals surface area contributed by atoms with Crippen molar-refractivity contribution < 1.29 is 18.7 Å². The van der Waals surface area contributed by atoms with Gasteiger partial charge >= 0.3 is 0 Å². The Labute approximate surface area is 198 Å². The van der Waals surface area contributed by atoms with Gasteiger partial charge in [-0.25, -0.2) is 4.39 Å². The van der Waals surface area contributed by atoms with E-state index in [0.717, 1.165) is 0 Å². The Morgan fingerprint density at radius 1 is 0.743 bits per heavy atom. The van der Waals surface area contributed by atoms with Gasteiger partial charge in [0, 0.05) is 5.56 Å². The lowest BCUT2D eigenvalue weighted by molar-refractivity contribution is 0.103. The number of para-hydroxylation sites is 2. The molecular formula is C30H17FO4.